The lowest BCUT2D eigenvalue weighted by atomic mass is 9.75. The van der Waals surface area contributed by atoms with E-state index >= 15 is 0 Å². The van der Waals surface area contributed by atoms with E-state index in [0.29, 0.717) is 31.4 Å². The molecule has 1 amide bonds. The van der Waals surface area contributed by atoms with Crippen LogP contribution in [0.4, 0.5) is 18.0 Å². The van der Waals surface area contributed by atoms with Gasteiger partial charge < -0.3 is 18.9 Å². The summed E-state index contributed by atoms with van der Waals surface area (Å²) < 4.78 is 59.2. The second-order valence-electron chi connectivity index (χ2n) is 10.7. The van der Waals surface area contributed by atoms with E-state index in [9.17, 15) is 18.0 Å². The van der Waals surface area contributed by atoms with Crippen LogP contribution in [0, 0.1) is 0 Å². The minimum Gasteiger partial charge on any atom is -0.444 e. The molecule has 0 radical (unpaired) electrons. The molecular weight excluding hydrogens is 422 g/mol. The summed E-state index contributed by atoms with van der Waals surface area (Å²) in [5.41, 5.74) is -1.94. The maximum atomic E-state index is 14.0. The molecular formula is C23H33BF3NO4. The van der Waals surface area contributed by atoms with Gasteiger partial charge in [-0.05, 0) is 84.3 Å². The molecule has 0 saturated carbocycles. The SMILES string of the molecule is CC(C)(C)OC(=O)N1CCC(c2ccc(B3OC(C)(C)C(C)(C)O3)cc2C(F)(F)F)CC1. The van der Waals surface area contributed by atoms with Crippen LogP contribution in [0.1, 0.15) is 78.4 Å². The number of carbonyl (C=O) groups excluding carboxylic acids is 1. The van der Waals surface area contributed by atoms with Crippen LogP contribution in [0.3, 0.4) is 0 Å². The summed E-state index contributed by atoms with van der Waals surface area (Å²) in [7, 11) is -0.857. The van der Waals surface area contributed by atoms with Crippen molar-refractivity contribution in [2.45, 2.75) is 90.2 Å². The summed E-state index contributed by atoms with van der Waals surface area (Å²) in [6.45, 7) is 13.5. The molecule has 0 spiro atoms. The molecule has 0 aliphatic carbocycles. The van der Waals surface area contributed by atoms with Crippen LogP contribution in [0.2, 0.25) is 0 Å². The normalized spacial score (nSPS) is 21.7. The lowest BCUT2D eigenvalue weighted by molar-refractivity contribution is -0.138. The first-order chi connectivity index (χ1) is 14.5. The molecule has 0 unspecified atom stereocenters. The van der Waals surface area contributed by atoms with Crippen LogP contribution in [-0.4, -0.2) is 48.0 Å². The Hall–Kier alpha value is -1.74. The number of hydrogen-bond acceptors (Lipinski definition) is 4. The third kappa shape index (κ3) is 5.25. The molecule has 1 aromatic rings. The molecule has 178 valence electrons. The summed E-state index contributed by atoms with van der Waals surface area (Å²) in [6, 6.07) is 4.35. The Morgan fingerprint density at radius 1 is 1.06 bits per heavy atom. The minimum absolute atomic E-state index is 0.251. The van der Waals surface area contributed by atoms with Crippen molar-refractivity contribution in [1.29, 1.82) is 0 Å². The molecule has 0 aromatic heterocycles. The molecule has 2 heterocycles. The summed E-state index contributed by atoms with van der Waals surface area (Å²) in [6.07, 6.45) is -4.05. The zero-order valence-corrected chi connectivity index (χ0v) is 19.9. The van der Waals surface area contributed by atoms with Crippen molar-refractivity contribution in [3.05, 3.63) is 29.3 Å². The van der Waals surface area contributed by atoms with Gasteiger partial charge in [0, 0.05) is 13.1 Å². The smallest absolute Gasteiger partial charge is 0.444 e. The van der Waals surface area contributed by atoms with Gasteiger partial charge in [-0.2, -0.15) is 13.2 Å². The topological polar surface area (TPSA) is 48.0 Å². The van der Waals surface area contributed by atoms with Crippen molar-refractivity contribution < 1.29 is 32.0 Å². The summed E-state index contributed by atoms with van der Waals surface area (Å²) in [5.74, 6) is -0.294. The van der Waals surface area contributed by atoms with Gasteiger partial charge in [-0.15, -0.1) is 0 Å². The zero-order chi connectivity index (χ0) is 24.1. The van der Waals surface area contributed by atoms with Gasteiger partial charge in [0.2, 0.25) is 0 Å². The van der Waals surface area contributed by atoms with Gasteiger partial charge >= 0.3 is 19.4 Å². The van der Waals surface area contributed by atoms with Gasteiger partial charge in [-0.1, -0.05) is 12.1 Å². The van der Waals surface area contributed by atoms with Crippen molar-refractivity contribution in [2.75, 3.05) is 13.1 Å². The van der Waals surface area contributed by atoms with Crippen molar-refractivity contribution in [1.82, 2.24) is 4.90 Å². The van der Waals surface area contributed by atoms with Crippen molar-refractivity contribution >= 4 is 18.7 Å². The number of alkyl halides is 3. The molecule has 0 bridgehead atoms. The number of amides is 1. The Labute approximate surface area is 188 Å². The number of nitrogens with zero attached hydrogens (tertiary/aromatic N) is 1. The number of piperidine rings is 1. The highest BCUT2D eigenvalue weighted by molar-refractivity contribution is 6.62. The van der Waals surface area contributed by atoms with Crippen LogP contribution >= 0.6 is 0 Å². The summed E-state index contributed by atoms with van der Waals surface area (Å²) in [5, 5.41) is 0. The predicted molar refractivity (Wildman–Crippen MR) is 117 cm³/mol. The van der Waals surface area contributed by atoms with Gasteiger partial charge in [0.1, 0.15) is 5.60 Å². The van der Waals surface area contributed by atoms with Gasteiger partial charge in [0.15, 0.2) is 0 Å². The zero-order valence-electron chi connectivity index (χ0n) is 19.9. The standard InChI is InChI=1S/C23H33BF3NO4/c1-20(2,3)30-19(29)28-12-10-15(11-13-28)17-9-8-16(14-18(17)23(25,26)27)24-31-21(4,5)22(6,7)32-24/h8-9,14-15H,10-13H2,1-7H3. The molecule has 2 aliphatic rings. The molecule has 2 saturated heterocycles. The summed E-state index contributed by atoms with van der Waals surface area (Å²) >= 11 is 0. The Kier molecular flexibility index (Phi) is 6.41. The lowest BCUT2D eigenvalue weighted by Gasteiger charge is -2.34. The van der Waals surface area contributed by atoms with Crippen LogP contribution < -0.4 is 5.46 Å². The van der Waals surface area contributed by atoms with Gasteiger partial charge in [0.05, 0.1) is 16.8 Å². The highest BCUT2D eigenvalue weighted by Gasteiger charge is 2.52. The molecule has 9 heteroatoms. The largest absolute Gasteiger partial charge is 0.494 e. The summed E-state index contributed by atoms with van der Waals surface area (Å²) in [4.78, 5) is 13.8. The van der Waals surface area contributed by atoms with E-state index in [1.165, 1.54) is 6.07 Å². The first-order valence-corrected chi connectivity index (χ1v) is 11.0. The fourth-order valence-corrected chi connectivity index (χ4v) is 4.00. The Balaban J connectivity index is 1.79. The average molecular weight is 455 g/mol. The second-order valence-corrected chi connectivity index (χ2v) is 10.7. The fraction of sp³-hybridized carbons (Fsp3) is 0.696. The van der Waals surface area contributed by atoms with E-state index in [1.807, 2.05) is 27.7 Å². The number of likely N-dealkylation sites (tertiary alicyclic amines) is 1. The number of halogens is 3. The van der Waals surface area contributed by atoms with Crippen LogP contribution in [0.25, 0.3) is 0 Å². The first kappa shape index (κ1) is 24.9. The van der Waals surface area contributed by atoms with Crippen LogP contribution in [0.5, 0.6) is 0 Å². The van der Waals surface area contributed by atoms with Crippen LogP contribution in [-0.2, 0) is 20.2 Å². The second kappa shape index (κ2) is 8.24. The Morgan fingerprint density at radius 3 is 2.06 bits per heavy atom. The third-order valence-corrected chi connectivity index (χ3v) is 6.49. The Bertz CT molecular complexity index is 840. The van der Waals surface area contributed by atoms with Gasteiger partial charge in [-0.25, -0.2) is 4.79 Å². The third-order valence-electron chi connectivity index (χ3n) is 6.49. The van der Waals surface area contributed by atoms with E-state index < -0.39 is 41.8 Å². The van der Waals surface area contributed by atoms with Gasteiger partial charge in [-0.3, -0.25) is 0 Å². The number of ether oxygens (including phenoxy) is 1. The maximum Gasteiger partial charge on any atom is 0.494 e. The van der Waals surface area contributed by atoms with Crippen molar-refractivity contribution in [3.63, 3.8) is 0 Å². The van der Waals surface area contributed by atoms with Crippen LogP contribution in [0.15, 0.2) is 18.2 Å². The molecule has 32 heavy (non-hydrogen) atoms. The molecule has 0 N–H and O–H groups in total. The van der Waals surface area contributed by atoms with E-state index in [4.69, 9.17) is 14.0 Å². The number of carbonyl (C=O) groups is 1. The first-order valence-electron chi connectivity index (χ1n) is 11.0. The fourth-order valence-electron chi connectivity index (χ4n) is 4.00. The molecule has 2 aliphatic heterocycles. The van der Waals surface area contributed by atoms with E-state index in [0.717, 1.165) is 6.07 Å². The quantitative estimate of drug-likeness (QED) is 0.581. The number of hydrogen-bond donors (Lipinski definition) is 0. The molecule has 0 atom stereocenters. The maximum absolute atomic E-state index is 14.0. The van der Waals surface area contributed by atoms with Gasteiger partial charge in [0.25, 0.3) is 0 Å². The minimum atomic E-state index is -4.50. The molecule has 1 aromatic carbocycles. The van der Waals surface area contributed by atoms with E-state index in [-0.39, 0.29) is 11.5 Å². The number of benzene rings is 1. The molecule has 5 nitrogen and oxygen atoms in total. The van der Waals surface area contributed by atoms with E-state index in [2.05, 4.69) is 0 Å². The highest BCUT2D eigenvalue weighted by atomic mass is 19.4. The monoisotopic (exact) mass is 455 g/mol. The molecule has 2 fully saturated rings. The Morgan fingerprint density at radius 2 is 1.59 bits per heavy atom. The van der Waals surface area contributed by atoms with E-state index in [1.54, 1.807) is 31.7 Å². The van der Waals surface area contributed by atoms with Crippen molar-refractivity contribution in [2.24, 2.45) is 0 Å². The van der Waals surface area contributed by atoms with Crippen molar-refractivity contribution in [3.8, 4) is 0 Å². The lowest BCUT2D eigenvalue weighted by Crippen LogP contribution is -2.41. The number of rotatable bonds is 2. The highest BCUT2D eigenvalue weighted by Crippen LogP contribution is 2.40. The predicted octanol–water partition coefficient (Wildman–Crippen LogP) is 5.12. The molecule has 3 rings (SSSR count). The average Bonchev–Trinajstić information content (AvgIpc) is 2.87.